The van der Waals surface area contributed by atoms with Crippen molar-refractivity contribution < 1.29 is 8.78 Å². The van der Waals surface area contributed by atoms with Crippen LogP contribution in [0, 0.1) is 23.0 Å². The Morgan fingerprint density at radius 1 is 1.21 bits per heavy atom. The molecule has 1 atom stereocenters. The minimum Gasteiger partial charge on any atom is -0.301 e. The predicted octanol–water partition coefficient (Wildman–Crippen LogP) is 2.17. The summed E-state index contributed by atoms with van der Waals surface area (Å²) in [7, 11) is 0. The van der Waals surface area contributed by atoms with Gasteiger partial charge in [-0.1, -0.05) is 13.0 Å². The number of nitrogens with zero attached hydrogens (tertiary/aromatic N) is 3. The molecule has 0 spiro atoms. The van der Waals surface area contributed by atoms with E-state index in [-0.39, 0.29) is 0 Å². The molecule has 0 radical (unpaired) electrons. The molecule has 102 valence electrons. The molecular formula is C14H17F2N3. The molecule has 2 rings (SSSR count). The highest BCUT2D eigenvalue weighted by Gasteiger charge is 2.24. The summed E-state index contributed by atoms with van der Waals surface area (Å²) < 4.78 is 26.2. The molecule has 0 N–H and O–H groups in total. The van der Waals surface area contributed by atoms with Crippen LogP contribution in [0.25, 0.3) is 0 Å². The monoisotopic (exact) mass is 265 g/mol. The molecule has 0 saturated carbocycles. The van der Waals surface area contributed by atoms with Crippen molar-refractivity contribution in [3.05, 3.63) is 35.4 Å². The van der Waals surface area contributed by atoms with Gasteiger partial charge < -0.3 is 4.90 Å². The third-order valence-corrected chi connectivity index (χ3v) is 3.60. The van der Waals surface area contributed by atoms with Gasteiger partial charge in [0.2, 0.25) is 0 Å². The van der Waals surface area contributed by atoms with E-state index in [0.29, 0.717) is 5.56 Å². The highest BCUT2D eigenvalue weighted by molar-refractivity contribution is 5.26. The second-order valence-corrected chi connectivity index (χ2v) is 4.68. The van der Waals surface area contributed by atoms with Crippen molar-refractivity contribution in [2.24, 2.45) is 0 Å². The summed E-state index contributed by atoms with van der Waals surface area (Å²) >= 11 is 0. The number of halogens is 2. The minimum atomic E-state index is -0.898. The molecule has 0 bridgehead atoms. The Bertz CT molecular complexity index is 476. The van der Waals surface area contributed by atoms with E-state index in [9.17, 15) is 14.0 Å². The molecule has 0 aliphatic carbocycles. The highest BCUT2D eigenvalue weighted by Crippen LogP contribution is 2.23. The third-order valence-electron chi connectivity index (χ3n) is 3.60. The standard InChI is InChI=1S/C14H17F2N3/c1-2-18-5-7-19(8-6-18)14(10-17)11-3-4-12(15)13(16)9-11/h3-4,9,14H,2,5-8H2,1H3. The van der Waals surface area contributed by atoms with Crippen molar-refractivity contribution in [3.63, 3.8) is 0 Å². The van der Waals surface area contributed by atoms with Crippen LogP contribution in [0.15, 0.2) is 18.2 Å². The van der Waals surface area contributed by atoms with Gasteiger partial charge in [-0.05, 0) is 24.2 Å². The first-order valence-electron chi connectivity index (χ1n) is 6.46. The third kappa shape index (κ3) is 3.09. The van der Waals surface area contributed by atoms with Gasteiger partial charge in [0.1, 0.15) is 6.04 Å². The first kappa shape index (κ1) is 13.9. The number of benzene rings is 1. The molecule has 19 heavy (non-hydrogen) atoms. The zero-order chi connectivity index (χ0) is 13.8. The lowest BCUT2D eigenvalue weighted by atomic mass is 10.1. The van der Waals surface area contributed by atoms with E-state index in [1.54, 1.807) is 0 Å². The van der Waals surface area contributed by atoms with Crippen LogP contribution in [0.2, 0.25) is 0 Å². The maximum Gasteiger partial charge on any atom is 0.159 e. The van der Waals surface area contributed by atoms with Gasteiger partial charge in [-0.3, -0.25) is 4.90 Å². The Hall–Kier alpha value is -1.51. The molecule has 5 heteroatoms. The molecule has 1 fully saturated rings. The smallest absolute Gasteiger partial charge is 0.159 e. The van der Waals surface area contributed by atoms with Gasteiger partial charge in [-0.15, -0.1) is 0 Å². The average Bonchev–Trinajstić information content (AvgIpc) is 2.44. The van der Waals surface area contributed by atoms with E-state index >= 15 is 0 Å². The lowest BCUT2D eigenvalue weighted by molar-refractivity contribution is 0.118. The summed E-state index contributed by atoms with van der Waals surface area (Å²) in [5.41, 5.74) is 0.520. The second kappa shape index (κ2) is 6.09. The second-order valence-electron chi connectivity index (χ2n) is 4.68. The van der Waals surface area contributed by atoms with E-state index < -0.39 is 17.7 Å². The van der Waals surface area contributed by atoms with Crippen LogP contribution in [0.3, 0.4) is 0 Å². The van der Waals surface area contributed by atoms with Crippen LogP contribution in [0.5, 0.6) is 0 Å². The van der Waals surface area contributed by atoms with Crippen LogP contribution in [0.1, 0.15) is 18.5 Å². The number of rotatable bonds is 3. The summed E-state index contributed by atoms with van der Waals surface area (Å²) in [5, 5.41) is 9.29. The van der Waals surface area contributed by atoms with E-state index in [2.05, 4.69) is 17.9 Å². The fraction of sp³-hybridized carbons (Fsp3) is 0.500. The van der Waals surface area contributed by atoms with Crippen LogP contribution in [-0.4, -0.2) is 42.5 Å². The maximum atomic E-state index is 13.2. The molecule has 3 nitrogen and oxygen atoms in total. The van der Waals surface area contributed by atoms with Crippen molar-refractivity contribution >= 4 is 0 Å². The normalized spacial score (nSPS) is 19.1. The number of hydrogen-bond donors (Lipinski definition) is 0. The zero-order valence-electron chi connectivity index (χ0n) is 10.9. The fourth-order valence-electron chi connectivity index (χ4n) is 2.39. The Morgan fingerprint density at radius 3 is 2.42 bits per heavy atom. The summed E-state index contributed by atoms with van der Waals surface area (Å²) in [6, 6.07) is 5.37. The quantitative estimate of drug-likeness (QED) is 0.839. The number of likely N-dealkylation sites (N-methyl/N-ethyl adjacent to an activating group) is 1. The molecule has 1 aliphatic heterocycles. The van der Waals surface area contributed by atoms with Crippen molar-refractivity contribution in [2.75, 3.05) is 32.7 Å². The Balaban J connectivity index is 2.12. The van der Waals surface area contributed by atoms with Crippen LogP contribution in [0.4, 0.5) is 8.78 Å². The van der Waals surface area contributed by atoms with Crippen LogP contribution >= 0.6 is 0 Å². The maximum absolute atomic E-state index is 13.2. The Kier molecular flexibility index (Phi) is 4.46. The van der Waals surface area contributed by atoms with Gasteiger partial charge in [0.05, 0.1) is 6.07 Å². The first-order valence-corrected chi connectivity index (χ1v) is 6.46. The number of nitriles is 1. The number of piperazine rings is 1. The van der Waals surface area contributed by atoms with Crippen molar-refractivity contribution in [1.29, 1.82) is 5.26 Å². The molecule has 1 aromatic carbocycles. The van der Waals surface area contributed by atoms with Gasteiger partial charge in [-0.25, -0.2) is 8.78 Å². The van der Waals surface area contributed by atoms with Gasteiger partial charge in [-0.2, -0.15) is 5.26 Å². The molecule has 1 unspecified atom stereocenters. The van der Waals surface area contributed by atoms with Gasteiger partial charge in [0, 0.05) is 26.2 Å². The van der Waals surface area contributed by atoms with Gasteiger partial charge in [0.15, 0.2) is 11.6 Å². The molecule has 1 aliphatic rings. The lowest BCUT2D eigenvalue weighted by Gasteiger charge is -2.36. The molecule has 1 saturated heterocycles. The SMILES string of the molecule is CCN1CCN(C(C#N)c2ccc(F)c(F)c2)CC1. The minimum absolute atomic E-state index is 0.505. The predicted molar refractivity (Wildman–Crippen MR) is 68.4 cm³/mol. The van der Waals surface area contributed by atoms with E-state index in [4.69, 9.17) is 0 Å². The van der Waals surface area contributed by atoms with Crippen LogP contribution < -0.4 is 0 Å². The van der Waals surface area contributed by atoms with E-state index in [0.717, 1.165) is 44.9 Å². The van der Waals surface area contributed by atoms with E-state index in [1.807, 2.05) is 4.90 Å². The van der Waals surface area contributed by atoms with Gasteiger partial charge >= 0.3 is 0 Å². The van der Waals surface area contributed by atoms with E-state index in [1.165, 1.54) is 6.07 Å². The summed E-state index contributed by atoms with van der Waals surface area (Å²) in [5.74, 6) is -1.78. The Labute approximate surface area is 112 Å². The van der Waals surface area contributed by atoms with Crippen molar-refractivity contribution in [1.82, 2.24) is 9.80 Å². The Morgan fingerprint density at radius 2 is 1.89 bits per heavy atom. The molecule has 1 aromatic rings. The topological polar surface area (TPSA) is 30.3 Å². The van der Waals surface area contributed by atoms with Crippen molar-refractivity contribution in [3.8, 4) is 6.07 Å². The molecule has 1 heterocycles. The lowest BCUT2D eigenvalue weighted by Crippen LogP contribution is -2.47. The molecule has 0 aromatic heterocycles. The summed E-state index contributed by atoms with van der Waals surface area (Å²) in [6.07, 6.45) is 0. The number of hydrogen-bond acceptors (Lipinski definition) is 3. The van der Waals surface area contributed by atoms with Crippen LogP contribution in [-0.2, 0) is 0 Å². The highest BCUT2D eigenvalue weighted by atomic mass is 19.2. The summed E-state index contributed by atoms with van der Waals surface area (Å²) in [6.45, 7) is 6.44. The molecular weight excluding hydrogens is 248 g/mol. The zero-order valence-corrected chi connectivity index (χ0v) is 10.9. The first-order chi connectivity index (χ1) is 9.15. The largest absolute Gasteiger partial charge is 0.301 e. The van der Waals surface area contributed by atoms with Gasteiger partial charge in [0.25, 0.3) is 0 Å². The van der Waals surface area contributed by atoms with Crippen molar-refractivity contribution in [2.45, 2.75) is 13.0 Å². The average molecular weight is 265 g/mol. The summed E-state index contributed by atoms with van der Waals surface area (Å²) in [4.78, 5) is 4.31. The molecule has 0 amide bonds. The fourth-order valence-corrected chi connectivity index (χ4v) is 2.39.